The minimum atomic E-state index is 0.391. The lowest BCUT2D eigenvalue weighted by Crippen LogP contribution is -2.45. The van der Waals surface area contributed by atoms with Gasteiger partial charge in [-0.15, -0.1) is 10.2 Å². The molecule has 1 aromatic rings. The van der Waals surface area contributed by atoms with Crippen LogP contribution in [0.25, 0.3) is 0 Å². The summed E-state index contributed by atoms with van der Waals surface area (Å²) >= 11 is 0. The zero-order valence-corrected chi connectivity index (χ0v) is 11.4. The first-order valence-corrected chi connectivity index (χ1v) is 7.12. The van der Waals surface area contributed by atoms with Crippen molar-refractivity contribution in [2.75, 3.05) is 26.2 Å². The summed E-state index contributed by atoms with van der Waals surface area (Å²) in [5.74, 6) is 3.11. The van der Waals surface area contributed by atoms with Gasteiger partial charge >= 0.3 is 0 Å². The van der Waals surface area contributed by atoms with Gasteiger partial charge in [0.25, 0.3) is 0 Å². The predicted octanol–water partition coefficient (Wildman–Crippen LogP) is 0.827. The van der Waals surface area contributed by atoms with Gasteiger partial charge in [0.1, 0.15) is 11.6 Å². The highest BCUT2D eigenvalue weighted by atomic mass is 15.3. The van der Waals surface area contributed by atoms with Crippen molar-refractivity contribution in [1.29, 1.82) is 0 Å². The summed E-state index contributed by atoms with van der Waals surface area (Å²) in [7, 11) is 0. The van der Waals surface area contributed by atoms with E-state index in [1.165, 1.54) is 18.1 Å². The predicted molar refractivity (Wildman–Crippen MR) is 70.4 cm³/mol. The quantitative estimate of drug-likeness (QED) is 0.843. The highest BCUT2D eigenvalue weighted by molar-refractivity contribution is 5.04. The Morgan fingerprint density at radius 1 is 1.22 bits per heavy atom. The molecule has 3 rings (SSSR count). The molecule has 100 valence electrons. The summed E-state index contributed by atoms with van der Waals surface area (Å²) in [5, 5.41) is 12.3. The number of nitrogens with zero attached hydrogens (tertiary/aromatic N) is 4. The maximum absolute atomic E-state index is 4.46. The number of fused-ring (bicyclic) bond motifs is 1. The zero-order chi connectivity index (χ0) is 12.5. The van der Waals surface area contributed by atoms with E-state index in [0.29, 0.717) is 6.04 Å². The second kappa shape index (κ2) is 4.97. The van der Waals surface area contributed by atoms with Crippen molar-refractivity contribution in [2.24, 2.45) is 5.92 Å². The SMILES string of the molecule is CC1CCn2c(nnc2C(C)N2CCNCC2)C1. The average Bonchev–Trinajstić information content (AvgIpc) is 2.81. The Hall–Kier alpha value is -0.940. The van der Waals surface area contributed by atoms with Crippen LogP contribution in [0.15, 0.2) is 0 Å². The van der Waals surface area contributed by atoms with Crippen molar-refractivity contribution < 1.29 is 0 Å². The highest BCUT2D eigenvalue weighted by Gasteiger charge is 2.26. The highest BCUT2D eigenvalue weighted by Crippen LogP contribution is 2.25. The van der Waals surface area contributed by atoms with Gasteiger partial charge in [0.15, 0.2) is 0 Å². The first kappa shape index (κ1) is 12.1. The number of hydrogen-bond acceptors (Lipinski definition) is 4. The molecule has 0 aromatic carbocycles. The molecule has 5 nitrogen and oxygen atoms in total. The Morgan fingerprint density at radius 3 is 2.78 bits per heavy atom. The van der Waals surface area contributed by atoms with Gasteiger partial charge in [-0.1, -0.05) is 6.92 Å². The Balaban J connectivity index is 1.79. The zero-order valence-electron chi connectivity index (χ0n) is 11.4. The molecule has 1 saturated heterocycles. The van der Waals surface area contributed by atoms with Crippen LogP contribution in [0, 0.1) is 5.92 Å². The topological polar surface area (TPSA) is 46.0 Å². The summed E-state index contributed by atoms with van der Waals surface area (Å²) in [6, 6.07) is 0.391. The van der Waals surface area contributed by atoms with E-state index in [1.54, 1.807) is 0 Å². The van der Waals surface area contributed by atoms with Crippen LogP contribution in [0.2, 0.25) is 0 Å². The van der Waals surface area contributed by atoms with Crippen molar-refractivity contribution in [3.8, 4) is 0 Å². The second-order valence-corrected chi connectivity index (χ2v) is 5.69. The van der Waals surface area contributed by atoms with Crippen LogP contribution in [0.3, 0.4) is 0 Å². The van der Waals surface area contributed by atoms with Gasteiger partial charge in [0.2, 0.25) is 0 Å². The minimum Gasteiger partial charge on any atom is -0.314 e. The number of hydrogen-bond donors (Lipinski definition) is 1. The Bertz CT molecular complexity index is 408. The van der Waals surface area contributed by atoms with Crippen molar-refractivity contribution >= 4 is 0 Å². The molecule has 0 amide bonds. The molecule has 0 bridgehead atoms. The average molecular weight is 249 g/mol. The number of piperazine rings is 1. The third kappa shape index (κ3) is 2.17. The van der Waals surface area contributed by atoms with E-state index >= 15 is 0 Å². The standard InChI is InChI=1S/C13H23N5/c1-10-3-6-18-12(9-10)15-16-13(18)11(2)17-7-4-14-5-8-17/h10-11,14H,3-9H2,1-2H3. The van der Waals surface area contributed by atoms with Crippen LogP contribution in [0.4, 0.5) is 0 Å². The molecule has 2 aliphatic heterocycles. The molecule has 5 heteroatoms. The minimum absolute atomic E-state index is 0.391. The molecule has 0 spiro atoms. The van der Waals surface area contributed by atoms with E-state index in [9.17, 15) is 0 Å². The summed E-state index contributed by atoms with van der Waals surface area (Å²) in [5.41, 5.74) is 0. The fourth-order valence-electron chi connectivity index (χ4n) is 3.05. The fourth-order valence-corrected chi connectivity index (χ4v) is 3.05. The molecule has 2 atom stereocenters. The monoisotopic (exact) mass is 249 g/mol. The van der Waals surface area contributed by atoms with Crippen LogP contribution in [0.5, 0.6) is 0 Å². The van der Waals surface area contributed by atoms with Crippen LogP contribution in [-0.4, -0.2) is 45.8 Å². The van der Waals surface area contributed by atoms with E-state index in [1.807, 2.05) is 0 Å². The lowest BCUT2D eigenvalue weighted by atomic mass is 10.00. The summed E-state index contributed by atoms with van der Waals surface area (Å²) in [6.07, 6.45) is 2.34. The Labute approximate surface area is 109 Å². The molecule has 1 fully saturated rings. The van der Waals surface area contributed by atoms with Gasteiger partial charge in [-0.25, -0.2) is 0 Å². The van der Waals surface area contributed by atoms with E-state index in [2.05, 4.69) is 38.8 Å². The number of rotatable bonds is 2. The van der Waals surface area contributed by atoms with E-state index in [0.717, 1.165) is 45.1 Å². The molecule has 0 radical (unpaired) electrons. The molecule has 0 aliphatic carbocycles. The maximum atomic E-state index is 4.46. The third-order valence-corrected chi connectivity index (χ3v) is 4.31. The molecule has 1 N–H and O–H groups in total. The van der Waals surface area contributed by atoms with Crippen molar-refractivity contribution in [2.45, 2.75) is 39.3 Å². The number of nitrogens with one attached hydrogen (secondary N) is 1. The van der Waals surface area contributed by atoms with Crippen molar-refractivity contribution in [1.82, 2.24) is 25.0 Å². The van der Waals surface area contributed by atoms with Crippen molar-refractivity contribution in [3.05, 3.63) is 11.6 Å². The fraction of sp³-hybridized carbons (Fsp3) is 0.846. The van der Waals surface area contributed by atoms with Gasteiger partial charge in [-0.2, -0.15) is 0 Å². The summed E-state index contributed by atoms with van der Waals surface area (Å²) in [6.45, 7) is 10.1. The lowest BCUT2D eigenvalue weighted by Gasteiger charge is -2.33. The third-order valence-electron chi connectivity index (χ3n) is 4.31. The summed E-state index contributed by atoms with van der Waals surface area (Å²) < 4.78 is 2.35. The van der Waals surface area contributed by atoms with E-state index < -0.39 is 0 Å². The normalized spacial score (nSPS) is 26.9. The Morgan fingerprint density at radius 2 is 2.00 bits per heavy atom. The Kier molecular flexibility index (Phi) is 3.35. The molecule has 3 heterocycles. The van der Waals surface area contributed by atoms with Gasteiger partial charge in [0, 0.05) is 39.1 Å². The first-order chi connectivity index (χ1) is 8.75. The van der Waals surface area contributed by atoms with Gasteiger partial charge < -0.3 is 9.88 Å². The van der Waals surface area contributed by atoms with Gasteiger partial charge in [-0.3, -0.25) is 4.90 Å². The van der Waals surface area contributed by atoms with Crippen molar-refractivity contribution in [3.63, 3.8) is 0 Å². The largest absolute Gasteiger partial charge is 0.314 e. The molecular weight excluding hydrogens is 226 g/mol. The second-order valence-electron chi connectivity index (χ2n) is 5.69. The molecule has 2 aliphatic rings. The van der Waals surface area contributed by atoms with Gasteiger partial charge in [-0.05, 0) is 19.3 Å². The van der Waals surface area contributed by atoms with Crippen LogP contribution in [0.1, 0.15) is 38.0 Å². The van der Waals surface area contributed by atoms with Gasteiger partial charge in [0.05, 0.1) is 6.04 Å². The molecule has 18 heavy (non-hydrogen) atoms. The molecule has 2 unspecified atom stereocenters. The lowest BCUT2D eigenvalue weighted by molar-refractivity contribution is 0.174. The maximum Gasteiger partial charge on any atom is 0.150 e. The molecule has 0 saturated carbocycles. The summed E-state index contributed by atoms with van der Waals surface area (Å²) in [4.78, 5) is 2.51. The van der Waals surface area contributed by atoms with Crippen LogP contribution in [-0.2, 0) is 13.0 Å². The first-order valence-electron chi connectivity index (χ1n) is 7.12. The van der Waals surface area contributed by atoms with E-state index in [-0.39, 0.29) is 0 Å². The van der Waals surface area contributed by atoms with E-state index in [4.69, 9.17) is 0 Å². The molecule has 1 aromatic heterocycles. The number of aromatic nitrogens is 3. The smallest absolute Gasteiger partial charge is 0.150 e. The van der Waals surface area contributed by atoms with Crippen LogP contribution < -0.4 is 5.32 Å². The molecular formula is C13H23N5. The van der Waals surface area contributed by atoms with Crippen LogP contribution >= 0.6 is 0 Å².